The normalized spacial score (nSPS) is 10.7. The molecule has 2 N–H and O–H groups in total. The molecule has 0 aliphatic rings. The van der Waals surface area contributed by atoms with Crippen molar-refractivity contribution in [2.45, 2.75) is 94.4 Å². The lowest BCUT2D eigenvalue weighted by Crippen LogP contribution is -2.09. The number of pyridine rings is 1. The molecule has 240 valence electrons. The highest BCUT2D eigenvalue weighted by Crippen LogP contribution is 2.18. The van der Waals surface area contributed by atoms with Gasteiger partial charge in [-0.1, -0.05) is 110 Å². The standard InChI is InChI=1S/C22H24FN3.C8H18.C7H9N.C2H6/c1-6-7-22(26-20-12-13-21(23)16(4)14-20)25-17(5)24-19-10-8-18(9-11-19)15(2)3;1-4-6-8(3)7-5-2;1-2-7-5-3-4-6-8-7;1-2/h6-14,26H,1-2H2,3-5H3,(H,24,25);8H,4-7H2,1-3H3;3-6H,2H2,1H3;1-2H3/b22-7+;;;. The highest BCUT2D eigenvalue weighted by atomic mass is 19.1. The molecule has 0 unspecified atom stereocenters. The molecule has 5 heteroatoms. The molecule has 0 aliphatic carbocycles. The minimum atomic E-state index is -0.232. The van der Waals surface area contributed by atoms with Gasteiger partial charge in [0.2, 0.25) is 0 Å². The Hall–Kier alpha value is -3.99. The molecular formula is C39H57FN4. The van der Waals surface area contributed by atoms with Gasteiger partial charge in [-0.3, -0.25) is 4.98 Å². The third-order valence-corrected chi connectivity index (χ3v) is 6.35. The third kappa shape index (κ3) is 17.8. The SMILES string of the molecule is C=C/C=C(\N=C(/C)Nc1ccc(C(=C)C)cc1)Nc1ccc(F)c(C)c1.CC.CCCC(C)CCC.CCc1ccccn1. The summed E-state index contributed by atoms with van der Waals surface area (Å²) in [5.41, 5.74) is 5.56. The van der Waals surface area contributed by atoms with Crippen LogP contribution < -0.4 is 10.6 Å². The lowest BCUT2D eigenvalue weighted by atomic mass is 10.0. The molecule has 0 saturated carbocycles. The van der Waals surface area contributed by atoms with Gasteiger partial charge < -0.3 is 10.6 Å². The first-order valence-corrected chi connectivity index (χ1v) is 16.0. The second kappa shape index (κ2) is 24.5. The molecule has 1 aromatic heterocycles. The zero-order valence-corrected chi connectivity index (χ0v) is 28.8. The van der Waals surface area contributed by atoms with E-state index >= 15 is 0 Å². The number of aryl methyl sites for hydroxylation is 2. The van der Waals surface area contributed by atoms with Crippen LogP contribution in [-0.2, 0) is 6.42 Å². The van der Waals surface area contributed by atoms with E-state index in [9.17, 15) is 4.39 Å². The number of halogens is 1. The molecule has 0 atom stereocenters. The van der Waals surface area contributed by atoms with Gasteiger partial charge in [-0.25, -0.2) is 9.38 Å². The van der Waals surface area contributed by atoms with Crippen LogP contribution in [0.5, 0.6) is 0 Å². The molecule has 0 spiro atoms. The highest BCUT2D eigenvalue weighted by Gasteiger charge is 2.02. The van der Waals surface area contributed by atoms with E-state index in [0.29, 0.717) is 17.2 Å². The maximum Gasteiger partial charge on any atom is 0.132 e. The van der Waals surface area contributed by atoms with Crippen LogP contribution in [0, 0.1) is 18.7 Å². The fourth-order valence-electron chi connectivity index (χ4n) is 4.08. The molecule has 44 heavy (non-hydrogen) atoms. The Balaban J connectivity index is 0.000000834. The Morgan fingerprint density at radius 2 is 1.55 bits per heavy atom. The number of aliphatic imine (C=N–C) groups is 1. The van der Waals surface area contributed by atoms with Crippen molar-refractivity contribution in [1.29, 1.82) is 0 Å². The minimum absolute atomic E-state index is 0.232. The van der Waals surface area contributed by atoms with E-state index in [1.807, 2.05) is 76.4 Å². The molecule has 0 aliphatic heterocycles. The van der Waals surface area contributed by atoms with Crippen molar-refractivity contribution in [3.8, 4) is 0 Å². The van der Waals surface area contributed by atoms with Gasteiger partial charge in [-0.05, 0) is 92.8 Å². The monoisotopic (exact) mass is 600 g/mol. The summed E-state index contributed by atoms with van der Waals surface area (Å²) >= 11 is 0. The number of benzene rings is 2. The van der Waals surface area contributed by atoms with Crippen LogP contribution in [0.1, 0.15) is 97.9 Å². The zero-order chi connectivity index (χ0) is 33.3. The summed E-state index contributed by atoms with van der Waals surface area (Å²) in [4.78, 5) is 8.64. The van der Waals surface area contributed by atoms with Crippen LogP contribution in [0.4, 0.5) is 15.8 Å². The van der Waals surface area contributed by atoms with Crippen molar-refractivity contribution >= 4 is 22.8 Å². The van der Waals surface area contributed by atoms with Crippen LogP contribution in [0.25, 0.3) is 5.57 Å². The number of hydrogen-bond acceptors (Lipinski definition) is 3. The van der Waals surface area contributed by atoms with Crippen molar-refractivity contribution in [1.82, 2.24) is 4.98 Å². The highest BCUT2D eigenvalue weighted by molar-refractivity contribution is 5.94. The number of hydrogen-bond donors (Lipinski definition) is 2. The average molecular weight is 601 g/mol. The second-order valence-corrected chi connectivity index (χ2v) is 10.4. The summed E-state index contributed by atoms with van der Waals surface area (Å²) in [5.74, 6) is 2.05. The van der Waals surface area contributed by atoms with Gasteiger partial charge in [0.1, 0.15) is 17.5 Å². The molecule has 0 bridgehead atoms. The average Bonchev–Trinajstić information content (AvgIpc) is 3.01. The maximum absolute atomic E-state index is 13.4. The third-order valence-electron chi connectivity index (χ3n) is 6.35. The predicted octanol–water partition coefficient (Wildman–Crippen LogP) is 12.0. The predicted molar refractivity (Wildman–Crippen MR) is 195 cm³/mol. The topological polar surface area (TPSA) is 49.3 Å². The minimum Gasteiger partial charge on any atom is -0.344 e. The van der Waals surface area contributed by atoms with Crippen LogP contribution >= 0.6 is 0 Å². The summed E-state index contributed by atoms with van der Waals surface area (Å²) in [6.45, 7) is 26.2. The first kappa shape index (κ1) is 40.0. The fraction of sp³-hybridized carbons (Fsp3) is 0.385. The Kier molecular flexibility index (Phi) is 22.2. The molecule has 2 aromatic carbocycles. The Morgan fingerprint density at radius 1 is 0.932 bits per heavy atom. The molecule has 3 aromatic rings. The smallest absolute Gasteiger partial charge is 0.132 e. The van der Waals surface area contributed by atoms with Gasteiger partial charge in [0, 0.05) is 23.3 Å². The van der Waals surface area contributed by atoms with Crippen molar-refractivity contribution in [2.75, 3.05) is 10.6 Å². The van der Waals surface area contributed by atoms with E-state index < -0.39 is 0 Å². The van der Waals surface area contributed by atoms with Gasteiger partial charge in [0.05, 0.1) is 0 Å². The van der Waals surface area contributed by atoms with Crippen LogP contribution in [0.3, 0.4) is 0 Å². The number of allylic oxidation sites excluding steroid dienone is 3. The van der Waals surface area contributed by atoms with Gasteiger partial charge in [-0.2, -0.15) is 0 Å². The second-order valence-electron chi connectivity index (χ2n) is 10.4. The molecule has 0 saturated heterocycles. The Labute approximate surface area is 268 Å². The number of anilines is 2. The summed E-state index contributed by atoms with van der Waals surface area (Å²) in [6, 6.07) is 18.8. The molecule has 4 nitrogen and oxygen atoms in total. The van der Waals surface area contributed by atoms with Crippen molar-refractivity contribution in [3.63, 3.8) is 0 Å². The number of nitrogens with zero attached hydrogens (tertiary/aromatic N) is 2. The quantitative estimate of drug-likeness (QED) is 0.131. The molecule has 0 amide bonds. The summed E-state index contributed by atoms with van der Waals surface area (Å²) in [6.07, 6.45) is 11.8. The first-order chi connectivity index (χ1) is 21.1. The number of aromatic nitrogens is 1. The van der Waals surface area contributed by atoms with E-state index in [4.69, 9.17) is 0 Å². The van der Waals surface area contributed by atoms with Gasteiger partial charge in [0.15, 0.2) is 0 Å². The van der Waals surface area contributed by atoms with Gasteiger partial charge >= 0.3 is 0 Å². The molecule has 0 radical (unpaired) electrons. The molecule has 1 heterocycles. The van der Waals surface area contributed by atoms with Crippen molar-refractivity contribution in [2.24, 2.45) is 10.9 Å². The van der Waals surface area contributed by atoms with Gasteiger partial charge in [0.25, 0.3) is 0 Å². The van der Waals surface area contributed by atoms with Crippen LogP contribution in [-0.4, -0.2) is 10.8 Å². The van der Waals surface area contributed by atoms with Crippen molar-refractivity contribution < 1.29 is 4.39 Å². The summed E-state index contributed by atoms with van der Waals surface area (Å²) in [7, 11) is 0. The van der Waals surface area contributed by atoms with E-state index in [0.717, 1.165) is 40.5 Å². The number of rotatable bonds is 11. The van der Waals surface area contributed by atoms with E-state index in [-0.39, 0.29) is 5.82 Å². The Morgan fingerprint density at radius 3 is 2.00 bits per heavy atom. The van der Waals surface area contributed by atoms with E-state index in [1.165, 1.54) is 31.7 Å². The first-order valence-electron chi connectivity index (χ1n) is 16.0. The lowest BCUT2D eigenvalue weighted by Gasteiger charge is -2.11. The summed E-state index contributed by atoms with van der Waals surface area (Å²) < 4.78 is 13.4. The van der Waals surface area contributed by atoms with E-state index in [2.05, 4.69) is 61.5 Å². The number of nitrogens with one attached hydrogen (secondary N) is 2. The lowest BCUT2D eigenvalue weighted by molar-refractivity contribution is 0.480. The molecule has 0 fully saturated rings. The largest absolute Gasteiger partial charge is 0.344 e. The maximum atomic E-state index is 13.4. The molecular weight excluding hydrogens is 543 g/mol. The van der Waals surface area contributed by atoms with Crippen LogP contribution in [0.2, 0.25) is 0 Å². The Bertz CT molecular complexity index is 1260. The summed E-state index contributed by atoms with van der Waals surface area (Å²) in [5, 5.41) is 6.42. The van der Waals surface area contributed by atoms with E-state index in [1.54, 1.807) is 31.2 Å². The zero-order valence-electron chi connectivity index (χ0n) is 28.8. The number of amidine groups is 1. The van der Waals surface area contributed by atoms with Crippen LogP contribution in [0.15, 0.2) is 103 Å². The van der Waals surface area contributed by atoms with Crippen molar-refractivity contribution in [3.05, 3.63) is 121 Å². The van der Waals surface area contributed by atoms with Gasteiger partial charge in [-0.15, -0.1) is 0 Å². The molecule has 3 rings (SSSR count). The fourth-order valence-corrected chi connectivity index (χ4v) is 4.08.